The number of amides is 1. The Labute approximate surface area is 143 Å². The van der Waals surface area contributed by atoms with Gasteiger partial charge in [0, 0.05) is 43.1 Å². The fourth-order valence-corrected chi connectivity index (χ4v) is 3.74. The van der Waals surface area contributed by atoms with E-state index in [4.69, 9.17) is 5.73 Å². The number of benzene rings is 1. The third-order valence-electron chi connectivity index (χ3n) is 4.10. The van der Waals surface area contributed by atoms with Crippen LogP contribution in [0.25, 0.3) is 0 Å². The topological polar surface area (TPSA) is 105 Å². The van der Waals surface area contributed by atoms with Crippen molar-refractivity contribution in [1.82, 2.24) is 9.80 Å². The van der Waals surface area contributed by atoms with Crippen LogP contribution in [-0.2, 0) is 0 Å². The Bertz CT molecular complexity index is 700. The highest BCUT2D eigenvalue weighted by atomic mass is 32.2. The number of amidine groups is 1. The van der Waals surface area contributed by atoms with E-state index in [2.05, 4.69) is 16.8 Å². The van der Waals surface area contributed by atoms with Crippen LogP contribution in [0, 0.1) is 10.1 Å². The van der Waals surface area contributed by atoms with Crippen LogP contribution < -0.4 is 5.73 Å². The third-order valence-corrected chi connectivity index (χ3v) is 5.25. The Kier molecular flexibility index (Phi) is 4.61. The lowest BCUT2D eigenvalue weighted by molar-refractivity contribution is -0.383. The van der Waals surface area contributed by atoms with Crippen LogP contribution >= 0.6 is 11.8 Å². The van der Waals surface area contributed by atoms with E-state index >= 15 is 0 Å². The lowest BCUT2D eigenvalue weighted by Gasteiger charge is -2.35. The molecule has 0 spiro atoms. The zero-order valence-electron chi connectivity index (χ0n) is 13.3. The molecule has 1 aromatic carbocycles. The molecule has 2 heterocycles. The first-order valence-corrected chi connectivity index (χ1v) is 8.63. The van der Waals surface area contributed by atoms with Crippen LogP contribution in [0.5, 0.6) is 0 Å². The average molecular weight is 349 g/mol. The van der Waals surface area contributed by atoms with Gasteiger partial charge in [0.2, 0.25) is 0 Å². The third kappa shape index (κ3) is 3.30. The zero-order valence-corrected chi connectivity index (χ0v) is 14.2. The number of nitro benzene ring substituents is 1. The van der Waals surface area contributed by atoms with Gasteiger partial charge in [0.25, 0.3) is 11.6 Å². The molecule has 2 aliphatic heterocycles. The average Bonchev–Trinajstić information content (AvgIpc) is 3.01. The zero-order chi connectivity index (χ0) is 17.3. The highest BCUT2D eigenvalue weighted by Gasteiger charge is 2.27. The van der Waals surface area contributed by atoms with Gasteiger partial charge in [0.05, 0.1) is 11.5 Å². The summed E-state index contributed by atoms with van der Waals surface area (Å²) in [4.78, 5) is 31.4. The molecule has 0 saturated carbocycles. The number of hydrogen-bond donors (Lipinski definition) is 1. The second-order valence-electron chi connectivity index (χ2n) is 5.86. The van der Waals surface area contributed by atoms with Crippen LogP contribution in [0.1, 0.15) is 17.3 Å². The van der Waals surface area contributed by atoms with Crippen LogP contribution in [0.2, 0.25) is 0 Å². The molecule has 2 aliphatic rings. The molecule has 128 valence electrons. The van der Waals surface area contributed by atoms with Gasteiger partial charge in [0.15, 0.2) is 5.17 Å². The lowest BCUT2D eigenvalue weighted by atomic mass is 10.1. The molecule has 1 saturated heterocycles. The normalized spacial score (nSPS) is 20.9. The first kappa shape index (κ1) is 16.6. The van der Waals surface area contributed by atoms with Gasteiger partial charge in [-0.2, -0.15) is 0 Å². The maximum Gasteiger partial charge on any atom is 0.292 e. The van der Waals surface area contributed by atoms with Crippen LogP contribution in [0.4, 0.5) is 11.4 Å². The number of nitro groups is 1. The molecule has 9 heteroatoms. The summed E-state index contributed by atoms with van der Waals surface area (Å²) in [7, 11) is 0. The van der Waals surface area contributed by atoms with Gasteiger partial charge >= 0.3 is 0 Å². The molecule has 1 atom stereocenters. The minimum absolute atomic E-state index is 0.0618. The molecule has 1 unspecified atom stereocenters. The molecule has 3 rings (SSSR count). The minimum atomic E-state index is -0.569. The number of thioether (sulfide) groups is 1. The molecular formula is C15H19N5O3S. The summed E-state index contributed by atoms with van der Waals surface area (Å²) >= 11 is 1.77. The molecule has 8 nitrogen and oxygen atoms in total. The summed E-state index contributed by atoms with van der Waals surface area (Å²) in [6, 6.07) is 4.20. The molecule has 0 bridgehead atoms. The van der Waals surface area contributed by atoms with Crippen LogP contribution in [0.3, 0.4) is 0 Å². The van der Waals surface area contributed by atoms with Crippen molar-refractivity contribution < 1.29 is 9.72 Å². The Morgan fingerprint density at radius 3 is 2.67 bits per heavy atom. The van der Waals surface area contributed by atoms with Crippen LogP contribution in [-0.4, -0.2) is 63.8 Å². The minimum Gasteiger partial charge on any atom is -0.393 e. The lowest BCUT2D eigenvalue weighted by Crippen LogP contribution is -2.49. The van der Waals surface area contributed by atoms with E-state index in [-0.39, 0.29) is 17.3 Å². The highest BCUT2D eigenvalue weighted by Crippen LogP contribution is 2.25. The molecule has 0 aromatic heterocycles. The van der Waals surface area contributed by atoms with Crippen molar-refractivity contribution in [3.8, 4) is 0 Å². The van der Waals surface area contributed by atoms with Gasteiger partial charge in [-0.1, -0.05) is 18.7 Å². The van der Waals surface area contributed by atoms with Gasteiger partial charge in [-0.05, 0) is 12.1 Å². The fraction of sp³-hybridized carbons (Fsp3) is 0.467. The molecule has 0 aliphatic carbocycles. The number of piperazine rings is 1. The van der Waals surface area contributed by atoms with E-state index in [0.29, 0.717) is 23.9 Å². The standard InChI is InChI=1S/C15H19N5O3S/c1-10-9-17-15(24-10)19-6-4-18(5-7-19)14(21)11-2-3-12(16)13(8-11)20(22)23/h2-3,8,10H,4-7,9,16H2,1H3. The number of nitrogen functional groups attached to an aromatic ring is 1. The number of nitrogens with two attached hydrogens (primary N) is 1. The van der Waals surface area contributed by atoms with Crippen LogP contribution in [0.15, 0.2) is 23.2 Å². The fourth-order valence-electron chi connectivity index (χ4n) is 2.75. The van der Waals surface area contributed by atoms with E-state index < -0.39 is 4.92 Å². The van der Waals surface area contributed by atoms with E-state index in [1.54, 1.807) is 16.7 Å². The predicted molar refractivity (Wildman–Crippen MR) is 94.3 cm³/mol. The first-order chi connectivity index (χ1) is 11.5. The number of rotatable bonds is 2. The van der Waals surface area contributed by atoms with Crippen molar-refractivity contribution in [3.63, 3.8) is 0 Å². The number of carbonyl (C=O) groups excluding carboxylic acids is 1. The van der Waals surface area contributed by atoms with E-state index in [0.717, 1.165) is 24.8 Å². The number of nitrogens with zero attached hydrogens (tertiary/aromatic N) is 4. The summed E-state index contributed by atoms with van der Waals surface area (Å²) < 4.78 is 0. The Hall–Kier alpha value is -2.29. The van der Waals surface area contributed by atoms with E-state index in [9.17, 15) is 14.9 Å². The van der Waals surface area contributed by atoms with Crippen molar-refractivity contribution in [3.05, 3.63) is 33.9 Å². The monoisotopic (exact) mass is 349 g/mol. The summed E-state index contributed by atoms with van der Waals surface area (Å²) in [6.45, 7) is 5.59. The number of anilines is 1. The molecule has 24 heavy (non-hydrogen) atoms. The SMILES string of the molecule is CC1CN=C(N2CCN(C(=O)c3ccc(N)c([N+](=O)[O-])c3)CC2)S1. The molecule has 1 amide bonds. The Morgan fingerprint density at radius 2 is 2.08 bits per heavy atom. The predicted octanol–water partition coefficient (Wildman–Crippen LogP) is 1.43. The quantitative estimate of drug-likeness (QED) is 0.492. The maximum atomic E-state index is 12.6. The summed E-state index contributed by atoms with van der Waals surface area (Å²) in [5.74, 6) is -0.202. The van der Waals surface area contributed by atoms with Crippen molar-refractivity contribution in [2.24, 2.45) is 4.99 Å². The van der Waals surface area contributed by atoms with Gasteiger partial charge in [-0.3, -0.25) is 19.9 Å². The largest absolute Gasteiger partial charge is 0.393 e. The van der Waals surface area contributed by atoms with Crippen molar-refractivity contribution in [2.75, 3.05) is 38.5 Å². The van der Waals surface area contributed by atoms with Crippen molar-refractivity contribution in [2.45, 2.75) is 12.2 Å². The number of carbonyl (C=O) groups is 1. The second kappa shape index (κ2) is 6.68. The molecular weight excluding hydrogens is 330 g/mol. The van der Waals surface area contributed by atoms with E-state index in [1.807, 2.05) is 0 Å². The van der Waals surface area contributed by atoms with Gasteiger partial charge in [-0.15, -0.1) is 0 Å². The summed E-state index contributed by atoms with van der Waals surface area (Å²) in [5, 5.41) is 12.5. The smallest absolute Gasteiger partial charge is 0.292 e. The van der Waals surface area contributed by atoms with Crippen molar-refractivity contribution >= 4 is 34.2 Å². The molecule has 0 radical (unpaired) electrons. The summed E-state index contributed by atoms with van der Waals surface area (Å²) in [6.07, 6.45) is 0. The molecule has 1 aromatic rings. The van der Waals surface area contributed by atoms with E-state index in [1.165, 1.54) is 18.2 Å². The Morgan fingerprint density at radius 1 is 1.38 bits per heavy atom. The van der Waals surface area contributed by atoms with Gasteiger partial charge < -0.3 is 15.5 Å². The van der Waals surface area contributed by atoms with Gasteiger partial charge in [0.1, 0.15) is 5.69 Å². The maximum absolute atomic E-state index is 12.6. The first-order valence-electron chi connectivity index (χ1n) is 7.75. The number of aliphatic imine (C=N–C) groups is 1. The number of hydrogen-bond acceptors (Lipinski definition) is 7. The Balaban J connectivity index is 1.65. The van der Waals surface area contributed by atoms with Crippen molar-refractivity contribution in [1.29, 1.82) is 0 Å². The molecule has 1 fully saturated rings. The second-order valence-corrected chi connectivity index (χ2v) is 7.27. The highest BCUT2D eigenvalue weighted by molar-refractivity contribution is 8.14. The molecule has 2 N–H and O–H groups in total. The summed E-state index contributed by atoms with van der Waals surface area (Å²) in [5.41, 5.74) is 5.71. The van der Waals surface area contributed by atoms with Gasteiger partial charge in [-0.25, -0.2) is 0 Å².